The minimum Gasteiger partial charge on any atom is -0.381 e. The third kappa shape index (κ3) is 2.18. The van der Waals surface area contributed by atoms with Crippen LogP contribution in [0.5, 0.6) is 0 Å². The third-order valence-corrected chi connectivity index (χ3v) is 2.93. The lowest BCUT2D eigenvalue weighted by Crippen LogP contribution is -1.99. The Balaban J connectivity index is 1.74. The van der Waals surface area contributed by atoms with E-state index in [9.17, 15) is 0 Å². The standard InChI is InChI=1S/C14H14N4/c1-10-2-5-12(6-3-10)15-9-11-4-7-13-14(8-11)17-18-16-13/h2-8,15H,9H2,1H3,(H,16,17,18). The molecule has 0 fully saturated rings. The van der Waals surface area contributed by atoms with Crippen molar-refractivity contribution in [3.05, 3.63) is 53.6 Å². The molecule has 2 aromatic carbocycles. The van der Waals surface area contributed by atoms with Crippen LogP contribution in [0.3, 0.4) is 0 Å². The number of H-pyrrole nitrogens is 1. The van der Waals surface area contributed by atoms with Crippen LogP contribution in [-0.4, -0.2) is 15.4 Å². The smallest absolute Gasteiger partial charge is 0.113 e. The number of hydrogen-bond acceptors (Lipinski definition) is 3. The van der Waals surface area contributed by atoms with E-state index in [0.29, 0.717) is 0 Å². The molecule has 0 saturated heterocycles. The third-order valence-electron chi connectivity index (χ3n) is 2.93. The van der Waals surface area contributed by atoms with Crippen molar-refractivity contribution in [2.45, 2.75) is 13.5 Å². The number of fused-ring (bicyclic) bond motifs is 1. The molecule has 2 N–H and O–H groups in total. The summed E-state index contributed by atoms with van der Waals surface area (Å²) in [5.74, 6) is 0. The molecule has 0 unspecified atom stereocenters. The summed E-state index contributed by atoms with van der Waals surface area (Å²) in [4.78, 5) is 0. The highest BCUT2D eigenvalue weighted by Crippen LogP contribution is 2.13. The van der Waals surface area contributed by atoms with Gasteiger partial charge in [-0.3, -0.25) is 0 Å². The van der Waals surface area contributed by atoms with Gasteiger partial charge in [-0.05, 0) is 36.8 Å². The molecule has 0 aliphatic carbocycles. The van der Waals surface area contributed by atoms with Crippen LogP contribution in [0.25, 0.3) is 11.0 Å². The summed E-state index contributed by atoms with van der Waals surface area (Å²) in [5.41, 5.74) is 5.38. The number of hydrogen-bond donors (Lipinski definition) is 2. The molecule has 18 heavy (non-hydrogen) atoms. The summed E-state index contributed by atoms with van der Waals surface area (Å²) in [5, 5.41) is 14.1. The molecule has 90 valence electrons. The quantitative estimate of drug-likeness (QED) is 0.737. The van der Waals surface area contributed by atoms with Crippen LogP contribution in [0.1, 0.15) is 11.1 Å². The van der Waals surface area contributed by atoms with Gasteiger partial charge >= 0.3 is 0 Å². The maximum Gasteiger partial charge on any atom is 0.113 e. The predicted molar refractivity (Wildman–Crippen MR) is 72.4 cm³/mol. The molecule has 0 aliphatic rings. The van der Waals surface area contributed by atoms with Crippen LogP contribution in [-0.2, 0) is 6.54 Å². The minimum absolute atomic E-state index is 0.784. The number of aromatic amines is 1. The zero-order valence-corrected chi connectivity index (χ0v) is 10.1. The van der Waals surface area contributed by atoms with Gasteiger partial charge in [0, 0.05) is 12.2 Å². The molecular formula is C14H14N4. The van der Waals surface area contributed by atoms with Crippen molar-refractivity contribution < 1.29 is 0 Å². The molecule has 0 radical (unpaired) electrons. The van der Waals surface area contributed by atoms with E-state index in [-0.39, 0.29) is 0 Å². The molecule has 3 rings (SSSR count). The summed E-state index contributed by atoms with van der Waals surface area (Å²) in [6.07, 6.45) is 0. The van der Waals surface area contributed by atoms with E-state index >= 15 is 0 Å². The van der Waals surface area contributed by atoms with Crippen molar-refractivity contribution in [3.8, 4) is 0 Å². The van der Waals surface area contributed by atoms with Crippen LogP contribution < -0.4 is 5.32 Å². The van der Waals surface area contributed by atoms with E-state index in [1.165, 1.54) is 11.1 Å². The Bertz CT molecular complexity index is 655. The van der Waals surface area contributed by atoms with Gasteiger partial charge in [0.05, 0.1) is 0 Å². The molecular weight excluding hydrogens is 224 g/mol. The van der Waals surface area contributed by atoms with Crippen molar-refractivity contribution in [2.75, 3.05) is 5.32 Å². The van der Waals surface area contributed by atoms with Crippen LogP contribution in [0.2, 0.25) is 0 Å². The molecule has 0 saturated carbocycles. The Labute approximate surface area is 105 Å². The predicted octanol–water partition coefficient (Wildman–Crippen LogP) is 2.88. The zero-order chi connectivity index (χ0) is 12.4. The van der Waals surface area contributed by atoms with Crippen LogP contribution in [0, 0.1) is 6.92 Å². The van der Waals surface area contributed by atoms with Gasteiger partial charge in [0.15, 0.2) is 0 Å². The number of aryl methyl sites for hydroxylation is 1. The van der Waals surface area contributed by atoms with Gasteiger partial charge in [-0.15, -0.1) is 0 Å². The lowest BCUT2D eigenvalue weighted by Gasteiger charge is -2.06. The highest BCUT2D eigenvalue weighted by Gasteiger charge is 1.99. The highest BCUT2D eigenvalue weighted by atomic mass is 15.3. The first-order valence-electron chi connectivity index (χ1n) is 5.91. The van der Waals surface area contributed by atoms with Gasteiger partial charge in [0.1, 0.15) is 11.0 Å². The SMILES string of the molecule is Cc1ccc(NCc2ccc3n[nH]nc3c2)cc1. The maximum atomic E-state index is 4.08. The summed E-state index contributed by atoms with van der Waals surface area (Å²) in [7, 11) is 0. The fourth-order valence-electron chi connectivity index (χ4n) is 1.87. The summed E-state index contributed by atoms with van der Waals surface area (Å²) in [6.45, 7) is 2.87. The van der Waals surface area contributed by atoms with Crippen LogP contribution in [0.4, 0.5) is 5.69 Å². The molecule has 3 aromatic rings. The lowest BCUT2D eigenvalue weighted by atomic mass is 10.2. The van der Waals surface area contributed by atoms with E-state index in [0.717, 1.165) is 23.3 Å². The first-order valence-corrected chi connectivity index (χ1v) is 5.91. The molecule has 0 bridgehead atoms. The van der Waals surface area contributed by atoms with Crippen molar-refractivity contribution in [3.63, 3.8) is 0 Å². The highest BCUT2D eigenvalue weighted by molar-refractivity contribution is 5.74. The van der Waals surface area contributed by atoms with Gasteiger partial charge in [0.2, 0.25) is 0 Å². The molecule has 4 nitrogen and oxygen atoms in total. The molecule has 0 atom stereocenters. The number of benzene rings is 2. The normalized spacial score (nSPS) is 10.7. The summed E-state index contributed by atoms with van der Waals surface area (Å²) < 4.78 is 0. The van der Waals surface area contributed by atoms with E-state index in [4.69, 9.17) is 0 Å². The second-order valence-corrected chi connectivity index (χ2v) is 4.37. The Morgan fingerprint density at radius 2 is 1.78 bits per heavy atom. The zero-order valence-electron chi connectivity index (χ0n) is 10.1. The Morgan fingerprint density at radius 1 is 1.00 bits per heavy atom. The molecule has 1 aromatic heterocycles. The second-order valence-electron chi connectivity index (χ2n) is 4.37. The maximum absolute atomic E-state index is 4.08. The molecule has 0 aliphatic heterocycles. The van der Waals surface area contributed by atoms with Gasteiger partial charge in [-0.2, -0.15) is 15.4 Å². The Hall–Kier alpha value is -2.36. The van der Waals surface area contributed by atoms with Gasteiger partial charge in [-0.1, -0.05) is 23.8 Å². The number of rotatable bonds is 3. The Kier molecular flexibility index (Phi) is 2.68. The number of nitrogens with zero attached hydrogens (tertiary/aromatic N) is 2. The minimum atomic E-state index is 0.784. The fraction of sp³-hybridized carbons (Fsp3) is 0.143. The van der Waals surface area contributed by atoms with Crippen LogP contribution in [0.15, 0.2) is 42.5 Å². The van der Waals surface area contributed by atoms with Crippen molar-refractivity contribution in [2.24, 2.45) is 0 Å². The topological polar surface area (TPSA) is 53.6 Å². The first-order chi connectivity index (χ1) is 8.81. The van der Waals surface area contributed by atoms with Crippen LogP contribution >= 0.6 is 0 Å². The largest absolute Gasteiger partial charge is 0.381 e. The van der Waals surface area contributed by atoms with E-state index in [1.807, 2.05) is 12.1 Å². The average Bonchev–Trinajstić information content (AvgIpc) is 2.85. The number of nitrogens with one attached hydrogen (secondary N) is 2. The van der Waals surface area contributed by atoms with Crippen molar-refractivity contribution in [1.29, 1.82) is 0 Å². The second kappa shape index (κ2) is 4.49. The monoisotopic (exact) mass is 238 g/mol. The molecule has 4 heteroatoms. The van der Waals surface area contributed by atoms with Gasteiger partial charge in [0.25, 0.3) is 0 Å². The fourth-order valence-corrected chi connectivity index (χ4v) is 1.87. The van der Waals surface area contributed by atoms with Crippen molar-refractivity contribution in [1.82, 2.24) is 15.4 Å². The van der Waals surface area contributed by atoms with Gasteiger partial charge in [-0.25, -0.2) is 0 Å². The van der Waals surface area contributed by atoms with Gasteiger partial charge < -0.3 is 5.32 Å². The molecule has 0 amide bonds. The number of aromatic nitrogens is 3. The van der Waals surface area contributed by atoms with E-state index in [1.54, 1.807) is 0 Å². The summed E-state index contributed by atoms with van der Waals surface area (Å²) in [6, 6.07) is 14.5. The first kappa shape index (κ1) is 10.8. The molecule has 0 spiro atoms. The lowest BCUT2D eigenvalue weighted by molar-refractivity contribution is 0.959. The number of anilines is 1. The Morgan fingerprint density at radius 3 is 2.61 bits per heavy atom. The summed E-state index contributed by atoms with van der Waals surface area (Å²) >= 11 is 0. The average molecular weight is 238 g/mol. The van der Waals surface area contributed by atoms with Crippen molar-refractivity contribution >= 4 is 16.7 Å². The van der Waals surface area contributed by atoms with E-state index < -0.39 is 0 Å². The van der Waals surface area contributed by atoms with E-state index in [2.05, 4.69) is 58.0 Å². The molecule has 1 heterocycles.